The summed E-state index contributed by atoms with van der Waals surface area (Å²) in [5.74, 6) is -0.332. The maximum atomic E-state index is 9.40. The van der Waals surface area contributed by atoms with Gasteiger partial charge >= 0.3 is 0 Å². The Morgan fingerprint density at radius 3 is 2.31 bits per heavy atom. The van der Waals surface area contributed by atoms with Crippen LogP contribution in [0.2, 0.25) is 0 Å². The van der Waals surface area contributed by atoms with Gasteiger partial charge in [-0.05, 0) is 25.0 Å². The van der Waals surface area contributed by atoms with Gasteiger partial charge in [-0.3, -0.25) is 0 Å². The molecule has 0 fully saturated rings. The predicted molar refractivity (Wildman–Crippen MR) is 50.0 cm³/mol. The van der Waals surface area contributed by atoms with Crippen LogP contribution in [-0.4, -0.2) is 15.3 Å². The van der Waals surface area contributed by atoms with Gasteiger partial charge in [0.2, 0.25) is 0 Å². The Labute approximate surface area is 77.3 Å². The van der Waals surface area contributed by atoms with Gasteiger partial charge in [0, 0.05) is 5.56 Å². The Kier molecular flexibility index (Phi) is 3.01. The molecule has 0 aliphatic rings. The highest BCUT2D eigenvalue weighted by Gasteiger charge is 2.10. The van der Waals surface area contributed by atoms with Crippen molar-refractivity contribution in [2.24, 2.45) is 0 Å². The molecule has 0 aromatic heterocycles. The van der Waals surface area contributed by atoms with Gasteiger partial charge in [-0.2, -0.15) is 0 Å². The number of unbranched alkanes of at least 4 members (excludes halogenated alkanes) is 1. The average Bonchev–Trinajstić information content (AvgIpc) is 2.12. The molecular weight excluding hydrogens is 168 g/mol. The standard InChI is InChI=1S/C10H14O3/c1-2-3-4-7-8(11)5-6-9(12)10(7)13/h5-6,11-13H,2-4H2,1H3. The van der Waals surface area contributed by atoms with Gasteiger partial charge in [-0.25, -0.2) is 0 Å². The van der Waals surface area contributed by atoms with Crippen molar-refractivity contribution < 1.29 is 15.3 Å². The Balaban J connectivity index is 2.96. The summed E-state index contributed by atoms with van der Waals surface area (Å²) in [6, 6.07) is 2.67. The Morgan fingerprint density at radius 2 is 1.69 bits per heavy atom. The van der Waals surface area contributed by atoms with E-state index in [2.05, 4.69) is 0 Å². The van der Waals surface area contributed by atoms with E-state index in [4.69, 9.17) is 5.11 Å². The van der Waals surface area contributed by atoms with Gasteiger partial charge in [-0.1, -0.05) is 13.3 Å². The van der Waals surface area contributed by atoms with E-state index in [9.17, 15) is 10.2 Å². The van der Waals surface area contributed by atoms with E-state index in [0.717, 1.165) is 12.8 Å². The maximum absolute atomic E-state index is 9.40. The van der Waals surface area contributed by atoms with Crippen molar-refractivity contribution in [2.75, 3.05) is 0 Å². The third-order valence-electron chi connectivity index (χ3n) is 2.02. The lowest BCUT2D eigenvalue weighted by molar-refractivity contribution is 0.388. The molecule has 3 nitrogen and oxygen atoms in total. The zero-order valence-electron chi connectivity index (χ0n) is 7.62. The third-order valence-corrected chi connectivity index (χ3v) is 2.02. The van der Waals surface area contributed by atoms with E-state index in [-0.39, 0.29) is 17.2 Å². The van der Waals surface area contributed by atoms with Crippen molar-refractivity contribution in [3.8, 4) is 17.2 Å². The number of hydrogen-bond donors (Lipinski definition) is 3. The number of aromatic hydroxyl groups is 3. The molecule has 3 heteroatoms. The van der Waals surface area contributed by atoms with Crippen molar-refractivity contribution in [1.82, 2.24) is 0 Å². The van der Waals surface area contributed by atoms with Crippen LogP contribution >= 0.6 is 0 Å². The Hall–Kier alpha value is -1.38. The molecule has 0 spiro atoms. The summed E-state index contributed by atoms with van der Waals surface area (Å²) in [7, 11) is 0. The van der Waals surface area contributed by atoms with Crippen LogP contribution in [0.25, 0.3) is 0 Å². The van der Waals surface area contributed by atoms with Crippen molar-refractivity contribution in [1.29, 1.82) is 0 Å². The molecule has 0 radical (unpaired) electrons. The normalized spacial score (nSPS) is 10.2. The fraction of sp³-hybridized carbons (Fsp3) is 0.400. The number of hydrogen-bond acceptors (Lipinski definition) is 3. The fourth-order valence-corrected chi connectivity index (χ4v) is 1.21. The van der Waals surface area contributed by atoms with Crippen LogP contribution in [0, 0.1) is 0 Å². The molecule has 0 amide bonds. The lowest BCUT2D eigenvalue weighted by atomic mass is 10.1. The minimum absolute atomic E-state index is 0.0451. The van der Waals surface area contributed by atoms with Crippen molar-refractivity contribution in [3.63, 3.8) is 0 Å². The molecule has 0 atom stereocenters. The summed E-state index contributed by atoms with van der Waals surface area (Å²) in [6.07, 6.45) is 2.45. The smallest absolute Gasteiger partial charge is 0.164 e. The van der Waals surface area contributed by atoms with Crippen LogP contribution in [0.5, 0.6) is 17.2 Å². The van der Waals surface area contributed by atoms with E-state index in [1.54, 1.807) is 0 Å². The van der Waals surface area contributed by atoms with E-state index in [1.165, 1.54) is 12.1 Å². The van der Waals surface area contributed by atoms with Crippen molar-refractivity contribution >= 4 is 0 Å². The molecule has 72 valence electrons. The second-order valence-corrected chi connectivity index (χ2v) is 3.03. The summed E-state index contributed by atoms with van der Waals surface area (Å²) in [5, 5.41) is 27.9. The summed E-state index contributed by atoms with van der Waals surface area (Å²) in [4.78, 5) is 0. The van der Waals surface area contributed by atoms with E-state index >= 15 is 0 Å². The minimum Gasteiger partial charge on any atom is -0.508 e. The van der Waals surface area contributed by atoms with Gasteiger partial charge in [-0.15, -0.1) is 0 Å². The van der Waals surface area contributed by atoms with Crippen LogP contribution in [0.4, 0.5) is 0 Å². The highest BCUT2D eigenvalue weighted by molar-refractivity contribution is 5.51. The third kappa shape index (κ3) is 2.05. The molecular formula is C10H14O3. The molecule has 1 aromatic carbocycles. The second kappa shape index (κ2) is 4.03. The van der Waals surface area contributed by atoms with Gasteiger partial charge in [0.05, 0.1) is 0 Å². The minimum atomic E-state index is -0.201. The summed E-state index contributed by atoms with van der Waals surface area (Å²) in [5.41, 5.74) is 0.432. The van der Waals surface area contributed by atoms with Crippen LogP contribution in [0.15, 0.2) is 12.1 Å². The number of rotatable bonds is 3. The van der Waals surface area contributed by atoms with Crippen molar-refractivity contribution in [2.45, 2.75) is 26.2 Å². The maximum Gasteiger partial charge on any atom is 0.164 e. The van der Waals surface area contributed by atoms with Crippen LogP contribution < -0.4 is 0 Å². The topological polar surface area (TPSA) is 60.7 Å². The first-order valence-corrected chi connectivity index (χ1v) is 4.39. The van der Waals surface area contributed by atoms with Gasteiger partial charge in [0.25, 0.3) is 0 Å². The van der Waals surface area contributed by atoms with E-state index < -0.39 is 0 Å². The molecule has 3 N–H and O–H groups in total. The first kappa shape index (κ1) is 9.71. The molecule has 1 aromatic rings. The highest BCUT2D eigenvalue weighted by atomic mass is 16.3. The SMILES string of the molecule is CCCCc1c(O)ccc(O)c1O. The zero-order chi connectivity index (χ0) is 9.84. The summed E-state index contributed by atoms with van der Waals surface area (Å²) >= 11 is 0. The largest absolute Gasteiger partial charge is 0.508 e. The second-order valence-electron chi connectivity index (χ2n) is 3.03. The van der Waals surface area contributed by atoms with Gasteiger partial charge in [0.1, 0.15) is 5.75 Å². The van der Waals surface area contributed by atoms with Gasteiger partial charge in [0.15, 0.2) is 11.5 Å². The molecule has 1 rings (SSSR count). The Bertz CT molecular complexity index is 294. The van der Waals surface area contributed by atoms with E-state index in [1.807, 2.05) is 6.92 Å². The fourth-order valence-electron chi connectivity index (χ4n) is 1.21. The van der Waals surface area contributed by atoms with Gasteiger partial charge < -0.3 is 15.3 Å². The average molecular weight is 182 g/mol. The molecule has 0 saturated carbocycles. The van der Waals surface area contributed by atoms with Crippen LogP contribution in [0.1, 0.15) is 25.3 Å². The predicted octanol–water partition coefficient (Wildman–Crippen LogP) is 2.15. The molecule has 0 unspecified atom stereocenters. The molecule has 0 bridgehead atoms. The zero-order valence-corrected chi connectivity index (χ0v) is 7.62. The monoisotopic (exact) mass is 182 g/mol. The molecule has 13 heavy (non-hydrogen) atoms. The number of phenolic OH excluding ortho intramolecular Hbond substituents is 3. The quantitative estimate of drug-likeness (QED) is 0.495. The van der Waals surface area contributed by atoms with Crippen LogP contribution in [0.3, 0.4) is 0 Å². The number of benzene rings is 1. The highest BCUT2D eigenvalue weighted by Crippen LogP contribution is 2.35. The molecule has 0 heterocycles. The first-order valence-electron chi connectivity index (χ1n) is 4.39. The lowest BCUT2D eigenvalue weighted by Crippen LogP contribution is -1.87. The van der Waals surface area contributed by atoms with E-state index in [0.29, 0.717) is 12.0 Å². The Morgan fingerprint density at radius 1 is 1.08 bits per heavy atom. The molecule has 0 aliphatic carbocycles. The number of phenols is 3. The van der Waals surface area contributed by atoms with Crippen molar-refractivity contribution in [3.05, 3.63) is 17.7 Å². The lowest BCUT2D eigenvalue weighted by Gasteiger charge is -2.07. The molecule has 0 aliphatic heterocycles. The van der Waals surface area contributed by atoms with Crippen LogP contribution in [-0.2, 0) is 6.42 Å². The summed E-state index contributed by atoms with van der Waals surface area (Å²) < 4.78 is 0. The first-order chi connectivity index (χ1) is 6.16. The summed E-state index contributed by atoms with van der Waals surface area (Å²) in [6.45, 7) is 2.02. The molecule has 0 saturated heterocycles.